The fourth-order valence-electron chi connectivity index (χ4n) is 1.32. The number of nitriles is 1. The summed E-state index contributed by atoms with van der Waals surface area (Å²) in [6.45, 7) is 1.40. The molecule has 0 saturated heterocycles. The molecule has 0 radical (unpaired) electrons. The van der Waals surface area contributed by atoms with Crippen molar-refractivity contribution >= 4 is 5.97 Å². The summed E-state index contributed by atoms with van der Waals surface area (Å²) in [6.07, 6.45) is 0.289. The molecule has 6 nitrogen and oxygen atoms in total. The van der Waals surface area contributed by atoms with E-state index in [2.05, 4.69) is 0 Å². The molecule has 0 fully saturated rings. The Morgan fingerprint density at radius 2 is 2.12 bits per heavy atom. The zero-order valence-electron chi connectivity index (χ0n) is 9.68. The van der Waals surface area contributed by atoms with Crippen LogP contribution in [0.4, 0.5) is 0 Å². The zero-order valence-corrected chi connectivity index (χ0v) is 9.68. The van der Waals surface area contributed by atoms with E-state index in [4.69, 9.17) is 19.8 Å². The van der Waals surface area contributed by atoms with Crippen molar-refractivity contribution < 1.29 is 19.4 Å². The van der Waals surface area contributed by atoms with Gasteiger partial charge in [-0.1, -0.05) is 0 Å². The highest BCUT2D eigenvalue weighted by Gasteiger charge is 2.24. The Morgan fingerprint density at radius 1 is 1.44 bits per heavy atom. The molecule has 0 saturated carbocycles. The second kappa shape index (κ2) is 9.09. The van der Waals surface area contributed by atoms with Gasteiger partial charge in [0.25, 0.3) is 0 Å². The molecule has 92 valence electrons. The molecule has 16 heavy (non-hydrogen) atoms. The normalized spacial score (nSPS) is 12.4. The molecule has 0 spiro atoms. The Balaban J connectivity index is 4.40. The van der Waals surface area contributed by atoms with Crippen molar-refractivity contribution in [2.24, 2.45) is 0 Å². The predicted molar refractivity (Wildman–Crippen MR) is 57.0 cm³/mol. The van der Waals surface area contributed by atoms with Crippen LogP contribution in [0.3, 0.4) is 0 Å². The first-order valence-electron chi connectivity index (χ1n) is 4.99. The van der Waals surface area contributed by atoms with Crippen LogP contribution >= 0.6 is 0 Å². The molecule has 0 amide bonds. The van der Waals surface area contributed by atoms with E-state index in [0.29, 0.717) is 19.7 Å². The summed E-state index contributed by atoms with van der Waals surface area (Å²) in [4.78, 5) is 12.7. The molecule has 0 heterocycles. The van der Waals surface area contributed by atoms with Gasteiger partial charge in [-0.3, -0.25) is 9.69 Å². The molecule has 0 aliphatic carbocycles. The van der Waals surface area contributed by atoms with Crippen molar-refractivity contribution in [3.63, 3.8) is 0 Å². The lowest BCUT2D eigenvalue weighted by Gasteiger charge is -2.27. The van der Waals surface area contributed by atoms with Crippen LogP contribution in [0.15, 0.2) is 0 Å². The third-order valence-corrected chi connectivity index (χ3v) is 2.14. The van der Waals surface area contributed by atoms with Crippen LogP contribution in [0.2, 0.25) is 0 Å². The van der Waals surface area contributed by atoms with Crippen LogP contribution in [0, 0.1) is 11.3 Å². The predicted octanol–water partition coefficient (Wildman–Crippen LogP) is -0.0519. The maximum absolute atomic E-state index is 11.0. The Hall–Kier alpha value is -1.16. The van der Waals surface area contributed by atoms with Crippen molar-refractivity contribution in [2.45, 2.75) is 12.5 Å². The van der Waals surface area contributed by atoms with E-state index in [1.807, 2.05) is 6.07 Å². The molecule has 0 aromatic rings. The van der Waals surface area contributed by atoms with E-state index in [-0.39, 0.29) is 13.0 Å². The van der Waals surface area contributed by atoms with Gasteiger partial charge in [0.05, 0.1) is 19.3 Å². The number of methoxy groups -OCH3 is 2. The van der Waals surface area contributed by atoms with Gasteiger partial charge in [0.1, 0.15) is 6.04 Å². The van der Waals surface area contributed by atoms with Crippen LogP contribution in [-0.2, 0) is 14.3 Å². The molecule has 0 aromatic heterocycles. The zero-order chi connectivity index (χ0) is 12.4. The third kappa shape index (κ3) is 5.66. The fraction of sp³-hybridized carbons (Fsp3) is 0.800. The maximum Gasteiger partial charge on any atom is 0.323 e. The Bertz CT molecular complexity index is 239. The highest BCUT2D eigenvalue weighted by atomic mass is 16.5. The summed E-state index contributed by atoms with van der Waals surface area (Å²) < 4.78 is 9.76. The first-order chi connectivity index (χ1) is 7.67. The Kier molecular flexibility index (Phi) is 8.43. The molecule has 1 atom stereocenters. The van der Waals surface area contributed by atoms with Gasteiger partial charge in [0.15, 0.2) is 0 Å². The van der Waals surface area contributed by atoms with E-state index in [1.54, 1.807) is 12.0 Å². The minimum absolute atomic E-state index is 0.102. The van der Waals surface area contributed by atoms with E-state index >= 15 is 0 Å². The molecular formula is C10H18N2O4. The van der Waals surface area contributed by atoms with Gasteiger partial charge in [-0.05, 0) is 0 Å². The molecule has 0 rings (SSSR count). The summed E-state index contributed by atoms with van der Waals surface area (Å²) in [5.41, 5.74) is 0. The van der Waals surface area contributed by atoms with Gasteiger partial charge in [0.2, 0.25) is 0 Å². The van der Waals surface area contributed by atoms with E-state index < -0.39 is 12.0 Å². The number of hydrogen-bond acceptors (Lipinski definition) is 5. The second-order valence-electron chi connectivity index (χ2n) is 3.25. The standard InChI is InChI=1S/C10H18N2O4/c1-15-7-6-12(5-3-4-11)9(8-16-2)10(13)14/h9H,3,5-8H2,1-2H3,(H,13,14). The number of aliphatic carboxylic acids is 1. The first-order valence-corrected chi connectivity index (χ1v) is 4.99. The van der Waals surface area contributed by atoms with Crippen LogP contribution in [0.1, 0.15) is 6.42 Å². The number of carboxylic acids is 1. The van der Waals surface area contributed by atoms with Gasteiger partial charge in [-0.25, -0.2) is 0 Å². The van der Waals surface area contributed by atoms with Gasteiger partial charge >= 0.3 is 5.97 Å². The average molecular weight is 230 g/mol. The highest BCUT2D eigenvalue weighted by molar-refractivity contribution is 5.73. The molecule has 1 N–H and O–H groups in total. The van der Waals surface area contributed by atoms with Crippen LogP contribution in [0.5, 0.6) is 0 Å². The number of hydrogen-bond donors (Lipinski definition) is 1. The maximum atomic E-state index is 11.0. The van der Waals surface area contributed by atoms with Gasteiger partial charge in [0, 0.05) is 33.7 Å². The van der Waals surface area contributed by atoms with Crippen molar-refractivity contribution in [3.8, 4) is 6.07 Å². The molecule has 0 aliphatic rings. The number of rotatable bonds is 9. The molecule has 0 aromatic carbocycles. The minimum Gasteiger partial charge on any atom is -0.480 e. The lowest BCUT2D eigenvalue weighted by atomic mass is 10.2. The first kappa shape index (κ1) is 14.8. The minimum atomic E-state index is -0.948. The number of carboxylic acid groups (broad SMARTS) is 1. The summed E-state index contributed by atoms with van der Waals surface area (Å²) >= 11 is 0. The number of ether oxygens (including phenoxy) is 2. The molecule has 1 unspecified atom stereocenters. The molecule has 6 heteroatoms. The lowest BCUT2D eigenvalue weighted by molar-refractivity contribution is -0.145. The summed E-state index contributed by atoms with van der Waals surface area (Å²) in [7, 11) is 3.00. The van der Waals surface area contributed by atoms with Crippen molar-refractivity contribution in [2.75, 3.05) is 40.5 Å². The van der Waals surface area contributed by atoms with Gasteiger partial charge < -0.3 is 14.6 Å². The molecular weight excluding hydrogens is 212 g/mol. The number of carbonyl (C=O) groups is 1. The van der Waals surface area contributed by atoms with Gasteiger partial charge in [-0.2, -0.15) is 5.26 Å². The third-order valence-electron chi connectivity index (χ3n) is 2.14. The smallest absolute Gasteiger partial charge is 0.323 e. The topological polar surface area (TPSA) is 82.8 Å². The van der Waals surface area contributed by atoms with E-state index in [1.165, 1.54) is 7.11 Å². The SMILES string of the molecule is COCCN(CCC#N)C(COC)C(=O)O. The average Bonchev–Trinajstić information content (AvgIpc) is 2.26. The van der Waals surface area contributed by atoms with E-state index in [0.717, 1.165) is 0 Å². The molecule has 0 aliphatic heterocycles. The van der Waals surface area contributed by atoms with Crippen molar-refractivity contribution in [3.05, 3.63) is 0 Å². The van der Waals surface area contributed by atoms with Crippen molar-refractivity contribution in [1.82, 2.24) is 4.90 Å². The van der Waals surface area contributed by atoms with Crippen LogP contribution in [0.25, 0.3) is 0 Å². The van der Waals surface area contributed by atoms with Crippen molar-refractivity contribution in [1.29, 1.82) is 5.26 Å². The lowest BCUT2D eigenvalue weighted by Crippen LogP contribution is -2.46. The second-order valence-corrected chi connectivity index (χ2v) is 3.25. The summed E-state index contributed by atoms with van der Waals surface area (Å²) in [6, 6.07) is 1.27. The van der Waals surface area contributed by atoms with Crippen LogP contribution in [-0.4, -0.2) is 62.5 Å². The Labute approximate surface area is 95.4 Å². The van der Waals surface area contributed by atoms with Gasteiger partial charge in [-0.15, -0.1) is 0 Å². The molecule has 0 bridgehead atoms. The Morgan fingerprint density at radius 3 is 2.56 bits per heavy atom. The quantitative estimate of drug-likeness (QED) is 0.598. The van der Waals surface area contributed by atoms with Crippen LogP contribution < -0.4 is 0 Å². The monoisotopic (exact) mass is 230 g/mol. The fourth-order valence-corrected chi connectivity index (χ4v) is 1.32. The summed E-state index contributed by atoms with van der Waals surface area (Å²) in [5.74, 6) is -0.948. The number of nitrogens with zero attached hydrogens (tertiary/aromatic N) is 2. The summed E-state index contributed by atoms with van der Waals surface area (Å²) in [5, 5.41) is 17.5. The highest BCUT2D eigenvalue weighted by Crippen LogP contribution is 2.02. The largest absolute Gasteiger partial charge is 0.480 e. The van der Waals surface area contributed by atoms with E-state index in [9.17, 15) is 4.79 Å².